The zero-order chi connectivity index (χ0) is 25.3. The second-order valence-corrected chi connectivity index (χ2v) is 9.49. The summed E-state index contributed by atoms with van der Waals surface area (Å²) in [5, 5.41) is 0.367. The van der Waals surface area contributed by atoms with E-state index in [1.54, 1.807) is 7.05 Å². The number of fused-ring (bicyclic) bond motifs is 3. The monoisotopic (exact) mass is 483 g/mol. The lowest BCUT2D eigenvalue weighted by Gasteiger charge is -2.39. The average Bonchev–Trinajstić information content (AvgIpc) is 3.19. The highest BCUT2D eigenvalue weighted by Crippen LogP contribution is 2.45. The minimum absolute atomic E-state index is 0.251. The van der Waals surface area contributed by atoms with Crippen LogP contribution >= 0.6 is 0 Å². The van der Waals surface area contributed by atoms with E-state index in [4.69, 9.17) is 4.74 Å². The Kier molecular flexibility index (Phi) is 5.10. The summed E-state index contributed by atoms with van der Waals surface area (Å²) in [5.74, 6) is 0. The van der Waals surface area contributed by atoms with Crippen molar-refractivity contribution in [1.29, 1.82) is 0 Å². The van der Waals surface area contributed by atoms with Crippen LogP contribution in [0.5, 0.6) is 0 Å². The minimum atomic E-state index is -4.46. The van der Waals surface area contributed by atoms with Gasteiger partial charge in [0.15, 0.2) is 0 Å². The van der Waals surface area contributed by atoms with Crippen molar-refractivity contribution in [2.24, 2.45) is 14.1 Å². The van der Waals surface area contributed by atoms with Crippen LogP contribution in [-0.4, -0.2) is 20.3 Å². The van der Waals surface area contributed by atoms with Crippen molar-refractivity contribution >= 4 is 10.9 Å². The Morgan fingerprint density at radius 2 is 1.57 bits per heavy atom. The first kappa shape index (κ1) is 23.2. The second-order valence-electron chi connectivity index (χ2n) is 9.49. The van der Waals surface area contributed by atoms with Crippen LogP contribution in [0.25, 0.3) is 22.2 Å². The van der Waals surface area contributed by atoms with E-state index in [2.05, 4.69) is 0 Å². The number of hydrogen-bond donors (Lipinski definition) is 0. The molecular formula is C26H24F3N3O3. The Hall–Kier alpha value is -3.59. The Balaban J connectivity index is 1.91. The molecule has 2 aromatic heterocycles. The first-order valence-corrected chi connectivity index (χ1v) is 11.1. The van der Waals surface area contributed by atoms with Crippen LogP contribution in [0.4, 0.5) is 13.2 Å². The molecule has 0 N–H and O–H groups in total. The van der Waals surface area contributed by atoms with Gasteiger partial charge in [-0.25, -0.2) is 4.79 Å². The summed E-state index contributed by atoms with van der Waals surface area (Å²) < 4.78 is 50.2. The van der Waals surface area contributed by atoms with Crippen LogP contribution in [0.1, 0.15) is 36.8 Å². The molecule has 4 aromatic rings. The number of nitrogens with zero attached hydrogens (tertiary/aromatic N) is 3. The van der Waals surface area contributed by atoms with Crippen molar-refractivity contribution < 1.29 is 17.9 Å². The fourth-order valence-electron chi connectivity index (χ4n) is 4.97. The Labute approximate surface area is 198 Å². The number of hydrogen-bond acceptors (Lipinski definition) is 3. The molecule has 0 saturated heterocycles. The van der Waals surface area contributed by atoms with Crippen molar-refractivity contribution in [2.75, 3.05) is 6.61 Å². The summed E-state index contributed by atoms with van der Waals surface area (Å²) >= 11 is 0. The smallest absolute Gasteiger partial charge is 0.365 e. The molecule has 0 spiro atoms. The third-order valence-electron chi connectivity index (χ3n) is 6.65. The lowest BCUT2D eigenvalue weighted by atomic mass is 9.97. The van der Waals surface area contributed by atoms with E-state index >= 15 is 0 Å². The van der Waals surface area contributed by atoms with Gasteiger partial charge >= 0.3 is 11.9 Å². The predicted octanol–water partition coefficient (Wildman–Crippen LogP) is 4.58. The molecule has 1 atom stereocenters. The zero-order valence-corrected chi connectivity index (χ0v) is 19.7. The summed E-state index contributed by atoms with van der Waals surface area (Å²) in [5.41, 5.74) is 0.615. The van der Waals surface area contributed by atoms with Gasteiger partial charge in [0.05, 0.1) is 40.0 Å². The molecule has 0 amide bonds. The Morgan fingerprint density at radius 1 is 0.943 bits per heavy atom. The number of aryl methyl sites for hydroxylation is 1. The molecule has 0 bridgehead atoms. The summed E-state index contributed by atoms with van der Waals surface area (Å²) in [6.07, 6.45) is -5.24. The van der Waals surface area contributed by atoms with Crippen LogP contribution in [0.15, 0.2) is 64.2 Å². The minimum Gasteiger partial charge on any atom is -0.365 e. The molecule has 3 heterocycles. The van der Waals surface area contributed by atoms with Crippen LogP contribution in [0.2, 0.25) is 0 Å². The Bertz CT molecular complexity index is 1560. The third-order valence-corrected chi connectivity index (χ3v) is 6.65. The highest BCUT2D eigenvalue weighted by molar-refractivity contribution is 5.96. The van der Waals surface area contributed by atoms with E-state index in [0.29, 0.717) is 27.9 Å². The lowest BCUT2D eigenvalue weighted by molar-refractivity contribution is -0.137. The second kappa shape index (κ2) is 7.71. The lowest BCUT2D eigenvalue weighted by Crippen LogP contribution is -2.40. The van der Waals surface area contributed by atoms with E-state index in [1.807, 2.05) is 48.7 Å². The molecule has 0 radical (unpaired) electrons. The van der Waals surface area contributed by atoms with Crippen molar-refractivity contribution in [2.45, 2.75) is 31.7 Å². The van der Waals surface area contributed by atoms with E-state index in [1.165, 1.54) is 23.7 Å². The van der Waals surface area contributed by atoms with Gasteiger partial charge < -0.3 is 9.30 Å². The quantitative estimate of drug-likeness (QED) is 0.420. The van der Waals surface area contributed by atoms with Gasteiger partial charge in [0.2, 0.25) is 0 Å². The summed E-state index contributed by atoms with van der Waals surface area (Å²) in [6, 6.07) is 14.2. The van der Waals surface area contributed by atoms with Crippen LogP contribution in [-0.2, 0) is 30.5 Å². The van der Waals surface area contributed by atoms with Gasteiger partial charge in [-0.15, -0.1) is 0 Å². The summed E-state index contributed by atoms with van der Waals surface area (Å²) in [4.78, 5) is 26.4. The van der Waals surface area contributed by atoms with Crippen LogP contribution in [0.3, 0.4) is 0 Å². The Morgan fingerprint density at radius 3 is 2.17 bits per heavy atom. The molecule has 0 unspecified atom stereocenters. The van der Waals surface area contributed by atoms with Gasteiger partial charge in [-0.2, -0.15) is 13.2 Å². The van der Waals surface area contributed by atoms with Crippen LogP contribution in [0, 0.1) is 0 Å². The van der Waals surface area contributed by atoms with Gasteiger partial charge in [0, 0.05) is 14.1 Å². The summed E-state index contributed by atoms with van der Waals surface area (Å²) in [6.45, 7) is 4.18. The molecule has 35 heavy (non-hydrogen) atoms. The van der Waals surface area contributed by atoms with Crippen molar-refractivity contribution in [3.8, 4) is 11.3 Å². The maximum absolute atomic E-state index is 13.5. The molecule has 0 aliphatic carbocycles. The van der Waals surface area contributed by atoms with Gasteiger partial charge in [0.25, 0.3) is 5.56 Å². The molecule has 9 heteroatoms. The van der Waals surface area contributed by atoms with Gasteiger partial charge in [0.1, 0.15) is 6.10 Å². The van der Waals surface area contributed by atoms with Gasteiger partial charge in [-0.3, -0.25) is 13.9 Å². The number of alkyl halides is 3. The highest BCUT2D eigenvalue weighted by Gasteiger charge is 2.41. The van der Waals surface area contributed by atoms with E-state index in [9.17, 15) is 22.8 Å². The van der Waals surface area contributed by atoms with E-state index < -0.39 is 34.6 Å². The number of benzene rings is 2. The van der Waals surface area contributed by atoms with E-state index in [-0.39, 0.29) is 6.61 Å². The molecule has 182 valence electrons. The first-order valence-electron chi connectivity index (χ1n) is 11.1. The molecule has 2 aromatic carbocycles. The van der Waals surface area contributed by atoms with Crippen molar-refractivity contribution in [1.82, 2.24) is 13.7 Å². The average molecular weight is 483 g/mol. The van der Waals surface area contributed by atoms with Crippen LogP contribution < -0.4 is 11.2 Å². The van der Waals surface area contributed by atoms with Gasteiger partial charge in [-0.1, -0.05) is 42.5 Å². The molecule has 0 fully saturated rings. The topological polar surface area (TPSA) is 58.2 Å². The third kappa shape index (κ3) is 3.44. The number of rotatable bonds is 2. The number of aromatic nitrogens is 3. The number of ether oxygens (including phenoxy) is 1. The summed E-state index contributed by atoms with van der Waals surface area (Å²) in [7, 11) is 3.02. The predicted molar refractivity (Wildman–Crippen MR) is 126 cm³/mol. The SMILES string of the molecule is Cn1c(=O)c2c(-c3ccccc3)n3c(c2n(C)c1=O)[C@H](c1ccc(C(F)(F)F)cc1)OCC3(C)C. The zero-order valence-electron chi connectivity index (χ0n) is 19.7. The highest BCUT2D eigenvalue weighted by atomic mass is 19.4. The maximum Gasteiger partial charge on any atom is 0.416 e. The first-order chi connectivity index (χ1) is 16.4. The molecule has 5 rings (SSSR count). The number of halogens is 3. The van der Waals surface area contributed by atoms with Crippen molar-refractivity contribution in [3.05, 3.63) is 92.3 Å². The van der Waals surface area contributed by atoms with E-state index in [0.717, 1.165) is 22.3 Å². The van der Waals surface area contributed by atoms with Gasteiger partial charge in [-0.05, 0) is 37.1 Å². The molecule has 6 nitrogen and oxygen atoms in total. The van der Waals surface area contributed by atoms with Crippen molar-refractivity contribution in [3.63, 3.8) is 0 Å². The largest absolute Gasteiger partial charge is 0.416 e. The molecule has 0 saturated carbocycles. The molecular weight excluding hydrogens is 459 g/mol. The fourth-order valence-corrected chi connectivity index (χ4v) is 4.97. The maximum atomic E-state index is 13.5. The molecule has 1 aliphatic heterocycles. The molecule has 1 aliphatic rings. The standard InChI is InChI=1S/C26H24F3N3O3/c1-25(2)14-35-22(16-10-12-17(13-11-16)26(27,28)29)21-20-18(23(33)31(4)24(34)30(20)3)19(32(21)25)15-8-6-5-7-9-15/h5-13,22H,14H2,1-4H3/t22-/m0/s1. The fraction of sp³-hybridized carbons (Fsp3) is 0.308. The normalized spacial score (nSPS) is 17.5.